The highest BCUT2D eigenvalue weighted by Crippen LogP contribution is 2.20. The van der Waals surface area contributed by atoms with E-state index in [4.69, 9.17) is 11.6 Å². The Bertz CT molecular complexity index is 352. The number of hydrogen-bond acceptors (Lipinski definition) is 2. The standard InChI is InChI=1S/C13H18ClNOS/c14-10-11-4-2-8-15(11)13(16)7-1-5-12-6-3-9-17-12/h3,6,9,11H,1-2,4-5,7-8,10H2. The van der Waals surface area contributed by atoms with Gasteiger partial charge in [-0.1, -0.05) is 6.07 Å². The molecule has 1 saturated heterocycles. The summed E-state index contributed by atoms with van der Waals surface area (Å²) in [6, 6.07) is 4.48. The second kappa shape index (κ2) is 6.41. The van der Waals surface area contributed by atoms with E-state index in [2.05, 4.69) is 17.5 Å². The summed E-state index contributed by atoms with van der Waals surface area (Å²) in [5.41, 5.74) is 0. The number of aryl methyl sites for hydroxylation is 1. The van der Waals surface area contributed by atoms with Crippen molar-refractivity contribution in [1.82, 2.24) is 4.90 Å². The van der Waals surface area contributed by atoms with Gasteiger partial charge in [-0.2, -0.15) is 0 Å². The molecule has 1 amide bonds. The van der Waals surface area contributed by atoms with Crippen LogP contribution in [0.4, 0.5) is 0 Å². The zero-order chi connectivity index (χ0) is 12.1. The van der Waals surface area contributed by atoms with Gasteiger partial charge >= 0.3 is 0 Å². The van der Waals surface area contributed by atoms with E-state index in [1.807, 2.05) is 4.90 Å². The van der Waals surface area contributed by atoms with Gasteiger partial charge in [-0.3, -0.25) is 4.79 Å². The number of amides is 1. The van der Waals surface area contributed by atoms with Crippen LogP contribution >= 0.6 is 22.9 Å². The topological polar surface area (TPSA) is 20.3 Å². The number of likely N-dealkylation sites (tertiary alicyclic amines) is 1. The Morgan fingerprint density at radius 1 is 1.59 bits per heavy atom. The Hall–Kier alpha value is -0.540. The van der Waals surface area contributed by atoms with Crippen LogP contribution in [0.5, 0.6) is 0 Å². The number of carbonyl (C=O) groups is 1. The minimum Gasteiger partial charge on any atom is -0.339 e. The highest BCUT2D eigenvalue weighted by atomic mass is 35.5. The molecule has 0 saturated carbocycles. The van der Waals surface area contributed by atoms with Crippen molar-refractivity contribution in [2.75, 3.05) is 12.4 Å². The number of rotatable bonds is 5. The Labute approximate surface area is 112 Å². The molecule has 1 aromatic heterocycles. The molecular weight excluding hydrogens is 254 g/mol. The third-order valence-corrected chi connectivity index (χ3v) is 4.56. The predicted octanol–water partition coefficient (Wildman–Crippen LogP) is 3.30. The fourth-order valence-corrected chi connectivity index (χ4v) is 3.41. The number of carbonyl (C=O) groups excluding carboxylic acids is 1. The van der Waals surface area contributed by atoms with Crippen LogP contribution in [0.2, 0.25) is 0 Å². The first-order valence-electron chi connectivity index (χ1n) is 6.19. The van der Waals surface area contributed by atoms with Crippen LogP contribution in [-0.2, 0) is 11.2 Å². The molecule has 0 radical (unpaired) electrons. The van der Waals surface area contributed by atoms with E-state index in [0.29, 0.717) is 12.3 Å². The van der Waals surface area contributed by atoms with E-state index >= 15 is 0 Å². The molecule has 2 rings (SSSR count). The molecular formula is C13H18ClNOS. The van der Waals surface area contributed by atoms with E-state index in [0.717, 1.165) is 32.2 Å². The molecule has 1 atom stereocenters. The summed E-state index contributed by atoms with van der Waals surface area (Å²) >= 11 is 7.64. The molecule has 0 aliphatic carbocycles. The smallest absolute Gasteiger partial charge is 0.222 e. The summed E-state index contributed by atoms with van der Waals surface area (Å²) in [5, 5.41) is 2.08. The summed E-state index contributed by atoms with van der Waals surface area (Å²) < 4.78 is 0. The Morgan fingerprint density at radius 3 is 3.18 bits per heavy atom. The van der Waals surface area contributed by atoms with Crippen LogP contribution in [0, 0.1) is 0 Å². The number of hydrogen-bond donors (Lipinski definition) is 0. The van der Waals surface area contributed by atoms with Crippen molar-refractivity contribution in [3.8, 4) is 0 Å². The number of nitrogens with zero attached hydrogens (tertiary/aromatic N) is 1. The van der Waals surface area contributed by atoms with Crippen LogP contribution in [0.3, 0.4) is 0 Å². The molecule has 0 spiro atoms. The quantitative estimate of drug-likeness (QED) is 0.753. The van der Waals surface area contributed by atoms with Gasteiger partial charge in [0, 0.05) is 29.8 Å². The van der Waals surface area contributed by atoms with Gasteiger partial charge in [-0.25, -0.2) is 0 Å². The molecule has 0 aromatic carbocycles. The molecule has 0 N–H and O–H groups in total. The normalized spacial score (nSPS) is 19.8. The van der Waals surface area contributed by atoms with Crippen molar-refractivity contribution in [3.63, 3.8) is 0 Å². The molecule has 1 aliphatic rings. The SMILES string of the molecule is O=C(CCCc1cccs1)N1CCCC1CCl. The monoisotopic (exact) mass is 271 g/mol. The van der Waals surface area contributed by atoms with Gasteiger partial charge in [-0.05, 0) is 37.1 Å². The van der Waals surface area contributed by atoms with Gasteiger partial charge in [0.25, 0.3) is 0 Å². The molecule has 94 valence electrons. The van der Waals surface area contributed by atoms with Crippen LogP contribution in [-0.4, -0.2) is 29.3 Å². The van der Waals surface area contributed by atoms with Crippen molar-refractivity contribution in [3.05, 3.63) is 22.4 Å². The van der Waals surface area contributed by atoms with Crippen molar-refractivity contribution in [2.45, 2.75) is 38.1 Å². The maximum absolute atomic E-state index is 12.0. The summed E-state index contributed by atoms with van der Waals surface area (Å²) in [7, 11) is 0. The number of thiophene rings is 1. The van der Waals surface area contributed by atoms with E-state index in [-0.39, 0.29) is 11.9 Å². The summed E-state index contributed by atoms with van der Waals surface area (Å²) in [4.78, 5) is 15.4. The lowest BCUT2D eigenvalue weighted by Crippen LogP contribution is -2.36. The van der Waals surface area contributed by atoms with Crippen LogP contribution in [0.15, 0.2) is 17.5 Å². The Morgan fingerprint density at radius 2 is 2.47 bits per heavy atom. The third kappa shape index (κ3) is 3.46. The molecule has 1 unspecified atom stereocenters. The van der Waals surface area contributed by atoms with E-state index in [1.54, 1.807) is 11.3 Å². The number of halogens is 1. The van der Waals surface area contributed by atoms with Crippen LogP contribution < -0.4 is 0 Å². The molecule has 1 aliphatic heterocycles. The van der Waals surface area contributed by atoms with Gasteiger partial charge in [-0.15, -0.1) is 22.9 Å². The largest absolute Gasteiger partial charge is 0.339 e. The molecule has 2 nitrogen and oxygen atoms in total. The second-order valence-corrected chi connectivity index (χ2v) is 5.81. The highest BCUT2D eigenvalue weighted by Gasteiger charge is 2.27. The highest BCUT2D eigenvalue weighted by molar-refractivity contribution is 7.09. The molecule has 0 bridgehead atoms. The van der Waals surface area contributed by atoms with E-state index < -0.39 is 0 Å². The summed E-state index contributed by atoms with van der Waals surface area (Å²) in [6.45, 7) is 0.898. The Balaban J connectivity index is 1.73. The zero-order valence-electron chi connectivity index (χ0n) is 9.90. The van der Waals surface area contributed by atoms with Crippen LogP contribution in [0.1, 0.15) is 30.6 Å². The first-order valence-corrected chi connectivity index (χ1v) is 7.60. The van der Waals surface area contributed by atoms with Crippen molar-refractivity contribution < 1.29 is 4.79 Å². The first-order chi connectivity index (χ1) is 8.31. The maximum Gasteiger partial charge on any atom is 0.222 e. The fraction of sp³-hybridized carbons (Fsp3) is 0.615. The lowest BCUT2D eigenvalue weighted by atomic mass is 10.2. The number of alkyl halides is 1. The van der Waals surface area contributed by atoms with Crippen molar-refractivity contribution in [1.29, 1.82) is 0 Å². The van der Waals surface area contributed by atoms with Crippen LogP contribution in [0.25, 0.3) is 0 Å². The molecule has 1 fully saturated rings. The fourth-order valence-electron chi connectivity index (χ4n) is 2.34. The third-order valence-electron chi connectivity index (χ3n) is 3.27. The van der Waals surface area contributed by atoms with Gasteiger partial charge in [0.1, 0.15) is 0 Å². The van der Waals surface area contributed by atoms with Gasteiger partial charge in [0.05, 0.1) is 0 Å². The maximum atomic E-state index is 12.0. The zero-order valence-corrected chi connectivity index (χ0v) is 11.5. The first kappa shape index (κ1) is 12.9. The lowest BCUT2D eigenvalue weighted by Gasteiger charge is -2.22. The van der Waals surface area contributed by atoms with Crippen molar-refractivity contribution in [2.24, 2.45) is 0 Å². The predicted molar refractivity (Wildman–Crippen MR) is 72.7 cm³/mol. The average molecular weight is 272 g/mol. The minimum absolute atomic E-state index is 0.282. The molecule has 1 aromatic rings. The average Bonchev–Trinajstić information content (AvgIpc) is 2.99. The minimum atomic E-state index is 0.282. The molecule has 2 heterocycles. The lowest BCUT2D eigenvalue weighted by molar-refractivity contribution is -0.131. The van der Waals surface area contributed by atoms with Gasteiger partial charge < -0.3 is 4.90 Å². The Kier molecular flexibility index (Phi) is 4.86. The summed E-state index contributed by atoms with van der Waals surface area (Å²) in [5.74, 6) is 0.862. The summed E-state index contributed by atoms with van der Waals surface area (Å²) in [6.07, 6.45) is 4.80. The molecule has 4 heteroatoms. The van der Waals surface area contributed by atoms with E-state index in [1.165, 1.54) is 4.88 Å². The van der Waals surface area contributed by atoms with Crippen molar-refractivity contribution >= 4 is 28.8 Å². The van der Waals surface area contributed by atoms with Gasteiger partial charge in [0.15, 0.2) is 0 Å². The second-order valence-electron chi connectivity index (χ2n) is 4.47. The molecule has 17 heavy (non-hydrogen) atoms. The van der Waals surface area contributed by atoms with E-state index in [9.17, 15) is 4.79 Å². The van der Waals surface area contributed by atoms with Gasteiger partial charge in [0.2, 0.25) is 5.91 Å².